The molecule has 0 radical (unpaired) electrons. The first-order valence-corrected chi connectivity index (χ1v) is 37.7. The molecule has 30 heteroatoms. The van der Waals surface area contributed by atoms with Gasteiger partial charge in [-0.2, -0.15) is 0 Å². The number of nitrogens with zero attached hydrogens (tertiary/aromatic N) is 4. The number of nitrogens with one attached hydrogen (secondary N) is 7. The van der Waals surface area contributed by atoms with Crippen LogP contribution in [0.5, 0.6) is 0 Å². The molecule has 592 valence electrons. The summed E-state index contributed by atoms with van der Waals surface area (Å²) in [4.78, 5) is 151. The van der Waals surface area contributed by atoms with Gasteiger partial charge in [0.05, 0.1) is 81.8 Å². The lowest BCUT2D eigenvalue weighted by Crippen LogP contribution is -2.60. The summed E-state index contributed by atoms with van der Waals surface area (Å²) >= 11 is 5.87. The third kappa shape index (κ3) is 30.6. The highest BCUT2D eigenvalue weighted by molar-refractivity contribution is 7.80. The van der Waals surface area contributed by atoms with Crippen molar-refractivity contribution in [3.63, 3.8) is 0 Å². The van der Waals surface area contributed by atoms with E-state index >= 15 is 0 Å². The Bertz CT molecular complexity index is 3150. The third-order valence-electron chi connectivity index (χ3n) is 19.1. The van der Waals surface area contributed by atoms with Crippen LogP contribution in [-0.4, -0.2) is 239 Å². The maximum Gasteiger partial charge on any atom is 0.407 e. The van der Waals surface area contributed by atoms with Crippen molar-refractivity contribution in [3.05, 3.63) is 77.9 Å². The van der Waals surface area contributed by atoms with E-state index in [-0.39, 0.29) is 175 Å². The van der Waals surface area contributed by atoms with Crippen LogP contribution in [0.1, 0.15) is 144 Å². The smallest absolute Gasteiger partial charge is 0.407 e. The second-order valence-corrected chi connectivity index (χ2v) is 28.5. The van der Waals surface area contributed by atoms with Crippen molar-refractivity contribution in [3.8, 4) is 0 Å². The summed E-state index contributed by atoms with van der Waals surface area (Å²) in [5, 5.41) is 19.8. The molecule has 1 saturated heterocycles. The standard InChI is InChI=1S/C76H120N12O17S/c1-14-52(8)68(59(100-12)47-64(93)87-40-22-26-58(87)69(101-13)53(9)73(106)78-37-34-54-23-17-15-18-24-54)86(11)74(97)66(50(4)5)84-72(96)67(51(6)7)85(10)61(90)35-41-102-43-45-104-46-44-103-42-38-80-76(99)105-48-55-28-30-56(31-29-55)81-70(94)57(25-21-36-79-75(77)98)82-71(95)65(49(2)3)83-60(89)27-19-16-20-39-88-62(91)32-33-63(88)92/h15,17-18,23-24,28-33,49-53,57-59,65-69H,14,16,19-22,25-27,34-48H2,1-13H3,(H,78,106)(H,80,99)(H,81,94)(H,82,95)(H,83,89)(H,84,96)(H3,77,79,98)/t52-,53+,57-,58-,59+,65-,66-,67-,68-,69+/m0/s1. The Labute approximate surface area is 631 Å². The van der Waals surface area contributed by atoms with Gasteiger partial charge in [0.1, 0.15) is 30.8 Å². The number of likely N-dealkylation sites (N-methyl/N-ethyl adjacent to an activating group) is 2. The molecule has 2 aliphatic rings. The van der Waals surface area contributed by atoms with Gasteiger partial charge >= 0.3 is 12.1 Å². The van der Waals surface area contributed by atoms with Gasteiger partial charge in [-0.25, -0.2) is 9.59 Å². The van der Waals surface area contributed by atoms with E-state index in [4.69, 9.17) is 46.4 Å². The first-order valence-electron chi connectivity index (χ1n) is 37.2. The fourth-order valence-corrected chi connectivity index (χ4v) is 13.2. The van der Waals surface area contributed by atoms with Gasteiger partial charge in [0.25, 0.3) is 11.8 Å². The van der Waals surface area contributed by atoms with E-state index in [0.717, 1.165) is 24.2 Å². The SMILES string of the molecule is CC[C@H](C)[C@@H]([C@@H](CC(=O)N1CCC[C@H]1[C@H](OC)[C@@H](C)C(=S)NCCc1ccccc1)OC)N(C)C(=O)[C@@H](NC(=O)[C@H](C(C)C)N(C)C(=O)CCOCCOCCOCCNC(=O)OCc1ccc(NC(=O)[C@H](CCCNC(N)=O)NC(=O)[C@@H](NC(=O)CCCCCN2C(=O)C=CC2=O)C(C)C)cc1)C(C)C. The summed E-state index contributed by atoms with van der Waals surface area (Å²) in [5.41, 5.74) is 7.42. The van der Waals surface area contributed by atoms with E-state index in [1.807, 2.05) is 71.6 Å². The Morgan fingerprint density at radius 2 is 1.29 bits per heavy atom. The Hall–Kier alpha value is -8.16. The Morgan fingerprint density at radius 3 is 1.90 bits per heavy atom. The summed E-state index contributed by atoms with van der Waals surface area (Å²) in [6.07, 6.45) is 5.86. The van der Waals surface area contributed by atoms with Crippen molar-refractivity contribution in [1.82, 2.24) is 51.5 Å². The summed E-state index contributed by atoms with van der Waals surface area (Å²) < 4.78 is 34.5. The van der Waals surface area contributed by atoms with Crippen LogP contribution in [0.3, 0.4) is 0 Å². The molecule has 2 aromatic carbocycles. The number of alkyl carbamates (subject to hydrolysis) is 1. The van der Waals surface area contributed by atoms with Crippen LogP contribution in [-0.2, 0) is 84.6 Å². The normalized spacial score (nSPS) is 16.1. The maximum atomic E-state index is 14.7. The quantitative estimate of drug-likeness (QED) is 0.0228. The monoisotopic (exact) mass is 1500 g/mol. The van der Waals surface area contributed by atoms with E-state index in [0.29, 0.717) is 55.0 Å². The number of unbranched alkanes of at least 4 members (excludes halogenated alkanes) is 2. The number of primary amides is 1. The molecule has 2 aromatic rings. The highest BCUT2D eigenvalue weighted by Crippen LogP contribution is 2.30. The zero-order valence-corrected chi connectivity index (χ0v) is 65.4. The van der Waals surface area contributed by atoms with Crippen LogP contribution in [0.15, 0.2) is 66.7 Å². The summed E-state index contributed by atoms with van der Waals surface area (Å²) in [6.45, 7) is 19.8. The van der Waals surface area contributed by atoms with Crippen LogP contribution < -0.4 is 43.0 Å². The van der Waals surface area contributed by atoms with Gasteiger partial charge < -0.3 is 86.1 Å². The molecule has 0 bridgehead atoms. The predicted octanol–water partition coefficient (Wildman–Crippen LogP) is 5.55. The van der Waals surface area contributed by atoms with E-state index in [1.54, 1.807) is 71.3 Å². The van der Waals surface area contributed by atoms with Crippen molar-refractivity contribution < 1.29 is 81.2 Å². The molecule has 4 rings (SSSR count). The molecule has 0 saturated carbocycles. The van der Waals surface area contributed by atoms with Gasteiger partial charge in [-0.3, -0.25) is 48.1 Å². The highest BCUT2D eigenvalue weighted by Gasteiger charge is 2.43. The Morgan fingerprint density at radius 1 is 0.651 bits per heavy atom. The van der Waals surface area contributed by atoms with Crippen molar-refractivity contribution >= 4 is 88.2 Å². The van der Waals surface area contributed by atoms with Crippen LogP contribution in [0.2, 0.25) is 0 Å². The molecular formula is C76H120N12O17S. The van der Waals surface area contributed by atoms with Crippen molar-refractivity contribution in [2.75, 3.05) is 106 Å². The molecule has 29 nitrogen and oxygen atoms in total. The highest BCUT2D eigenvalue weighted by atomic mass is 32.1. The number of thiocarbonyl (C=S) groups is 1. The molecule has 106 heavy (non-hydrogen) atoms. The van der Waals surface area contributed by atoms with E-state index in [9.17, 15) is 52.7 Å². The zero-order chi connectivity index (χ0) is 78.4. The van der Waals surface area contributed by atoms with Gasteiger partial charge in [-0.1, -0.05) is 130 Å². The number of methoxy groups -OCH3 is 2. The molecule has 0 unspecified atom stereocenters. The molecule has 1 fully saturated rings. The lowest BCUT2D eigenvalue weighted by molar-refractivity contribution is -0.148. The molecule has 10 atom stereocenters. The number of likely N-dealkylation sites (tertiary alicyclic amines) is 1. The molecule has 12 amide bonds. The van der Waals surface area contributed by atoms with Crippen LogP contribution >= 0.6 is 12.2 Å². The molecular weight excluding hydrogens is 1380 g/mol. The molecule has 0 spiro atoms. The van der Waals surface area contributed by atoms with E-state index in [1.165, 1.54) is 22.6 Å². The number of rotatable bonds is 50. The third-order valence-corrected chi connectivity index (χ3v) is 19.6. The Balaban J connectivity index is 1.14. The van der Waals surface area contributed by atoms with Crippen LogP contribution in [0, 0.1) is 29.6 Å². The summed E-state index contributed by atoms with van der Waals surface area (Å²) in [5.74, 6) is -4.75. The van der Waals surface area contributed by atoms with Crippen molar-refractivity contribution in [1.29, 1.82) is 0 Å². The maximum absolute atomic E-state index is 14.7. The number of imide groups is 1. The van der Waals surface area contributed by atoms with Crippen molar-refractivity contribution in [2.45, 2.75) is 194 Å². The first kappa shape index (κ1) is 90.2. The number of hydrogen-bond donors (Lipinski definition) is 8. The number of ether oxygens (including phenoxy) is 6. The van der Waals surface area contributed by atoms with Gasteiger partial charge in [-0.15, -0.1) is 0 Å². The summed E-state index contributed by atoms with van der Waals surface area (Å²) in [7, 11) is 6.48. The molecule has 0 aromatic heterocycles. The number of benzene rings is 2. The second kappa shape index (κ2) is 48.2. The number of hydrogen-bond acceptors (Lipinski definition) is 18. The lowest BCUT2D eigenvalue weighted by atomic mass is 9.89. The molecule has 0 aliphatic carbocycles. The van der Waals surface area contributed by atoms with Crippen molar-refractivity contribution in [2.24, 2.45) is 35.3 Å². The fraction of sp³-hybridized carbons (Fsp3) is 0.658. The molecule has 2 aliphatic heterocycles. The van der Waals surface area contributed by atoms with E-state index < -0.39 is 66.2 Å². The Kier molecular flexibility index (Phi) is 41.0. The van der Waals surface area contributed by atoms with Gasteiger partial charge in [0.15, 0.2) is 0 Å². The average molecular weight is 1510 g/mol. The number of carbonyl (C=O) groups is 11. The van der Waals surface area contributed by atoms with Crippen LogP contribution in [0.25, 0.3) is 0 Å². The minimum Gasteiger partial charge on any atom is -0.445 e. The van der Waals surface area contributed by atoms with Gasteiger partial charge in [0, 0.05) is 91.2 Å². The van der Waals surface area contributed by atoms with Crippen LogP contribution in [0.4, 0.5) is 15.3 Å². The largest absolute Gasteiger partial charge is 0.445 e. The van der Waals surface area contributed by atoms with E-state index in [2.05, 4.69) is 49.4 Å². The molecule has 2 heterocycles. The first-order chi connectivity index (χ1) is 50.5. The number of amides is 12. The minimum absolute atomic E-state index is 0.0113. The average Bonchev–Trinajstić information content (AvgIpc) is 1.32. The topological polar surface area (TPSA) is 366 Å². The number of carbonyl (C=O) groups excluding carboxylic acids is 11. The predicted molar refractivity (Wildman–Crippen MR) is 405 cm³/mol. The minimum atomic E-state index is -1.07. The number of urea groups is 1. The van der Waals surface area contributed by atoms with Gasteiger partial charge in [-0.05, 0) is 91.9 Å². The fourth-order valence-electron chi connectivity index (χ4n) is 12.9. The number of anilines is 1. The molecule has 9 N–H and O–H groups in total. The summed E-state index contributed by atoms with van der Waals surface area (Å²) in [6, 6.07) is 11.3. The lowest BCUT2D eigenvalue weighted by Gasteiger charge is -2.41. The second-order valence-electron chi connectivity index (χ2n) is 28.1. The van der Waals surface area contributed by atoms with Gasteiger partial charge in [0.2, 0.25) is 41.4 Å². The zero-order valence-electron chi connectivity index (χ0n) is 64.5. The number of nitrogens with two attached hydrogens (primary N) is 1.